The van der Waals surface area contributed by atoms with Crippen LogP contribution in [-0.4, -0.2) is 26.3 Å². The van der Waals surface area contributed by atoms with Crippen molar-refractivity contribution in [1.82, 2.24) is 19.7 Å². The lowest BCUT2D eigenvalue weighted by Crippen LogP contribution is -2.13. The highest BCUT2D eigenvalue weighted by Gasteiger charge is 1.99. The van der Waals surface area contributed by atoms with Crippen molar-refractivity contribution in [3.8, 4) is 0 Å². The van der Waals surface area contributed by atoms with Crippen LogP contribution in [0.5, 0.6) is 0 Å². The number of nitrogens with zero attached hydrogens (tertiary/aromatic N) is 4. The molecule has 0 aromatic carbocycles. The quantitative estimate of drug-likeness (QED) is 0.870. The molecular weight excluding hydrogens is 214 g/mol. The number of rotatable bonds is 4. The second-order valence-corrected chi connectivity index (χ2v) is 4.17. The molecule has 1 N–H and O–H groups in total. The fourth-order valence-corrected chi connectivity index (χ4v) is 1.48. The van der Waals surface area contributed by atoms with Crippen LogP contribution < -0.4 is 5.32 Å². The second-order valence-electron chi connectivity index (χ2n) is 4.17. The summed E-state index contributed by atoms with van der Waals surface area (Å²) in [5, 5.41) is 7.40. The lowest BCUT2D eigenvalue weighted by molar-refractivity contribution is 0.635. The molecule has 5 heteroatoms. The van der Waals surface area contributed by atoms with E-state index in [1.54, 1.807) is 0 Å². The van der Waals surface area contributed by atoms with E-state index in [2.05, 4.69) is 20.4 Å². The van der Waals surface area contributed by atoms with Crippen molar-refractivity contribution in [1.29, 1.82) is 0 Å². The highest BCUT2D eigenvalue weighted by molar-refractivity contribution is 5.28. The summed E-state index contributed by atoms with van der Waals surface area (Å²) in [5.74, 6) is 0.678. The first kappa shape index (κ1) is 11.6. The van der Waals surface area contributed by atoms with Gasteiger partial charge in [-0.3, -0.25) is 4.68 Å². The second kappa shape index (κ2) is 4.95. The third-order valence-electron chi connectivity index (χ3n) is 2.61. The van der Waals surface area contributed by atoms with Gasteiger partial charge in [-0.1, -0.05) is 0 Å². The molecule has 0 amide bonds. The normalized spacial score (nSPS) is 10.5. The van der Waals surface area contributed by atoms with E-state index in [-0.39, 0.29) is 0 Å². The van der Waals surface area contributed by atoms with Crippen LogP contribution in [0.15, 0.2) is 18.6 Å². The molecule has 0 saturated carbocycles. The smallest absolute Gasteiger partial charge is 0.222 e. The molecule has 5 nitrogen and oxygen atoms in total. The van der Waals surface area contributed by atoms with E-state index < -0.39 is 0 Å². The molecule has 17 heavy (non-hydrogen) atoms. The van der Waals surface area contributed by atoms with Crippen LogP contribution in [0, 0.1) is 20.8 Å². The van der Waals surface area contributed by atoms with Gasteiger partial charge in [0.2, 0.25) is 5.95 Å². The zero-order chi connectivity index (χ0) is 12.3. The molecule has 2 rings (SSSR count). The van der Waals surface area contributed by atoms with Gasteiger partial charge in [-0.15, -0.1) is 0 Å². The first-order valence-electron chi connectivity index (χ1n) is 5.68. The van der Waals surface area contributed by atoms with Crippen molar-refractivity contribution in [3.05, 3.63) is 35.4 Å². The van der Waals surface area contributed by atoms with Crippen molar-refractivity contribution in [2.75, 3.05) is 11.9 Å². The summed E-state index contributed by atoms with van der Waals surface area (Å²) in [7, 11) is 0. The standard InChI is InChI=1S/C12H17N5/c1-9-6-15-17(8-9)5-4-13-12-14-7-10(2)11(3)16-12/h6-8H,4-5H2,1-3H3,(H,13,14,16). The van der Waals surface area contributed by atoms with Crippen molar-refractivity contribution < 1.29 is 0 Å². The van der Waals surface area contributed by atoms with E-state index in [9.17, 15) is 0 Å². The molecule has 0 unspecified atom stereocenters. The Morgan fingerprint density at radius 3 is 2.71 bits per heavy atom. The lowest BCUT2D eigenvalue weighted by atomic mass is 10.3. The minimum Gasteiger partial charge on any atom is -0.352 e. The van der Waals surface area contributed by atoms with E-state index in [4.69, 9.17) is 0 Å². The molecule has 0 radical (unpaired) electrons. The summed E-state index contributed by atoms with van der Waals surface area (Å²) in [5.41, 5.74) is 3.29. The van der Waals surface area contributed by atoms with E-state index in [1.807, 2.05) is 44.0 Å². The van der Waals surface area contributed by atoms with E-state index in [1.165, 1.54) is 5.56 Å². The topological polar surface area (TPSA) is 55.6 Å². The largest absolute Gasteiger partial charge is 0.352 e. The summed E-state index contributed by atoms with van der Waals surface area (Å²) in [6.07, 6.45) is 5.71. The summed E-state index contributed by atoms with van der Waals surface area (Å²) in [6.45, 7) is 7.60. The Morgan fingerprint density at radius 2 is 2.06 bits per heavy atom. The number of hydrogen-bond acceptors (Lipinski definition) is 4. The molecule has 0 aliphatic heterocycles. The molecule has 2 heterocycles. The molecule has 0 bridgehead atoms. The van der Waals surface area contributed by atoms with Gasteiger partial charge in [-0.25, -0.2) is 9.97 Å². The Bertz CT molecular complexity index is 503. The summed E-state index contributed by atoms with van der Waals surface area (Å²) < 4.78 is 1.91. The van der Waals surface area contributed by atoms with Gasteiger partial charge in [0, 0.05) is 24.6 Å². The van der Waals surface area contributed by atoms with Crippen LogP contribution in [0.25, 0.3) is 0 Å². The minimum absolute atomic E-state index is 0.678. The van der Waals surface area contributed by atoms with Gasteiger partial charge in [0.05, 0.1) is 12.7 Å². The Balaban J connectivity index is 1.87. The molecule has 0 atom stereocenters. The summed E-state index contributed by atoms with van der Waals surface area (Å²) >= 11 is 0. The highest BCUT2D eigenvalue weighted by atomic mass is 15.3. The molecule has 0 aliphatic carbocycles. The van der Waals surface area contributed by atoms with Crippen molar-refractivity contribution in [2.45, 2.75) is 27.3 Å². The Hall–Kier alpha value is -1.91. The summed E-state index contributed by atoms with van der Waals surface area (Å²) in [6, 6.07) is 0. The first-order valence-corrected chi connectivity index (χ1v) is 5.68. The average molecular weight is 231 g/mol. The SMILES string of the molecule is Cc1cnn(CCNc2ncc(C)c(C)n2)c1. The molecule has 2 aromatic heterocycles. The van der Waals surface area contributed by atoms with Gasteiger partial charge in [-0.2, -0.15) is 5.10 Å². The van der Waals surface area contributed by atoms with Crippen LogP contribution in [-0.2, 0) is 6.54 Å². The van der Waals surface area contributed by atoms with Gasteiger partial charge < -0.3 is 5.32 Å². The zero-order valence-electron chi connectivity index (χ0n) is 10.4. The average Bonchev–Trinajstić information content (AvgIpc) is 2.70. The molecule has 0 spiro atoms. The van der Waals surface area contributed by atoms with Crippen LogP contribution in [0.4, 0.5) is 5.95 Å². The maximum Gasteiger partial charge on any atom is 0.222 e. The maximum absolute atomic E-state index is 4.36. The predicted molar refractivity (Wildman–Crippen MR) is 67.0 cm³/mol. The van der Waals surface area contributed by atoms with E-state index in [0.717, 1.165) is 24.3 Å². The fraction of sp³-hybridized carbons (Fsp3) is 0.417. The van der Waals surface area contributed by atoms with Gasteiger partial charge in [-0.05, 0) is 31.9 Å². The van der Waals surface area contributed by atoms with Crippen LogP contribution in [0.3, 0.4) is 0 Å². The number of aromatic nitrogens is 4. The van der Waals surface area contributed by atoms with E-state index >= 15 is 0 Å². The molecule has 0 saturated heterocycles. The fourth-order valence-electron chi connectivity index (χ4n) is 1.48. The molecule has 90 valence electrons. The minimum atomic E-state index is 0.678. The first-order chi connectivity index (χ1) is 8.15. The molecular formula is C12H17N5. The number of aryl methyl sites for hydroxylation is 3. The third-order valence-corrected chi connectivity index (χ3v) is 2.61. The van der Waals surface area contributed by atoms with Crippen molar-refractivity contribution in [3.63, 3.8) is 0 Å². The van der Waals surface area contributed by atoms with E-state index in [0.29, 0.717) is 5.95 Å². The Labute approximate surface area is 101 Å². The zero-order valence-corrected chi connectivity index (χ0v) is 10.4. The maximum atomic E-state index is 4.36. The molecule has 0 fully saturated rings. The monoisotopic (exact) mass is 231 g/mol. The number of nitrogens with one attached hydrogen (secondary N) is 1. The third kappa shape index (κ3) is 3.03. The van der Waals surface area contributed by atoms with Gasteiger partial charge in [0.15, 0.2) is 0 Å². The molecule has 0 aliphatic rings. The Kier molecular flexibility index (Phi) is 3.37. The Morgan fingerprint density at radius 1 is 1.24 bits per heavy atom. The number of hydrogen-bond donors (Lipinski definition) is 1. The van der Waals surface area contributed by atoms with Crippen LogP contribution >= 0.6 is 0 Å². The predicted octanol–water partition coefficient (Wildman–Crippen LogP) is 1.71. The number of anilines is 1. The molecule has 2 aromatic rings. The van der Waals surface area contributed by atoms with Crippen molar-refractivity contribution in [2.24, 2.45) is 0 Å². The van der Waals surface area contributed by atoms with Gasteiger partial charge >= 0.3 is 0 Å². The van der Waals surface area contributed by atoms with Crippen LogP contribution in [0.1, 0.15) is 16.8 Å². The lowest BCUT2D eigenvalue weighted by Gasteiger charge is -2.06. The summed E-state index contributed by atoms with van der Waals surface area (Å²) in [4.78, 5) is 8.58. The highest BCUT2D eigenvalue weighted by Crippen LogP contribution is 2.04. The van der Waals surface area contributed by atoms with Crippen molar-refractivity contribution >= 4 is 5.95 Å². The van der Waals surface area contributed by atoms with Gasteiger partial charge in [0.1, 0.15) is 0 Å². The van der Waals surface area contributed by atoms with Crippen LogP contribution in [0.2, 0.25) is 0 Å². The van der Waals surface area contributed by atoms with Gasteiger partial charge in [0.25, 0.3) is 0 Å².